The summed E-state index contributed by atoms with van der Waals surface area (Å²) in [6.45, 7) is 5.61. The normalized spacial score (nSPS) is 13.2. The van der Waals surface area contributed by atoms with Crippen molar-refractivity contribution in [3.63, 3.8) is 0 Å². The van der Waals surface area contributed by atoms with Crippen molar-refractivity contribution in [1.82, 2.24) is 5.32 Å². The molecule has 0 heterocycles. The Bertz CT molecular complexity index is 455. The maximum absolute atomic E-state index is 13.3. The molecule has 0 aliphatic rings. The minimum atomic E-state index is -0.700. The minimum Gasteiger partial charge on any atom is -0.391 e. The van der Waals surface area contributed by atoms with Crippen molar-refractivity contribution in [2.24, 2.45) is 5.41 Å². The van der Waals surface area contributed by atoms with Gasteiger partial charge in [0.15, 0.2) is 0 Å². The van der Waals surface area contributed by atoms with E-state index in [2.05, 4.69) is 5.32 Å². The molecule has 1 atom stereocenters. The number of hydrogen-bond acceptors (Lipinski definition) is 2. The van der Waals surface area contributed by atoms with Gasteiger partial charge in [0.2, 0.25) is 5.91 Å². The summed E-state index contributed by atoms with van der Waals surface area (Å²) in [6, 6.07) is 2.98. The van der Waals surface area contributed by atoms with E-state index in [4.69, 9.17) is 0 Å². The summed E-state index contributed by atoms with van der Waals surface area (Å²) in [5.74, 6) is -1.65. The van der Waals surface area contributed by atoms with E-state index in [9.17, 15) is 18.7 Å². The van der Waals surface area contributed by atoms with Gasteiger partial charge in [0, 0.05) is 12.1 Å². The maximum atomic E-state index is 13.3. The topological polar surface area (TPSA) is 49.3 Å². The van der Waals surface area contributed by atoms with E-state index < -0.39 is 23.6 Å². The minimum absolute atomic E-state index is 0.00254. The number of amides is 1. The number of rotatable bonds is 4. The molecule has 0 aliphatic carbocycles. The Morgan fingerprint density at radius 2 is 2.00 bits per heavy atom. The van der Waals surface area contributed by atoms with E-state index in [1.165, 1.54) is 0 Å². The molecule has 1 aromatic carbocycles. The summed E-state index contributed by atoms with van der Waals surface area (Å²) in [5.41, 5.74) is -0.347. The van der Waals surface area contributed by atoms with Crippen molar-refractivity contribution < 1.29 is 18.7 Å². The Morgan fingerprint density at radius 1 is 1.37 bits per heavy atom. The average Bonchev–Trinajstić information content (AvgIpc) is 2.29. The second-order valence-corrected chi connectivity index (χ2v) is 5.60. The first-order chi connectivity index (χ1) is 8.70. The van der Waals surface area contributed by atoms with Gasteiger partial charge in [-0.25, -0.2) is 8.78 Å². The number of benzene rings is 1. The molecule has 106 valence electrons. The van der Waals surface area contributed by atoms with Crippen LogP contribution in [0.5, 0.6) is 0 Å². The number of carbonyl (C=O) groups is 1. The number of carbonyl (C=O) groups excluding carboxylic acids is 1. The average molecular weight is 271 g/mol. The van der Waals surface area contributed by atoms with E-state index in [1.54, 1.807) is 0 Å². The van der Waals surface area contributed by atoms with Gasteiger partial charge in [0.25, 0.3) is 0 Å². The van der Waals surface area contributed by atoms with Crippen LogP contribution in [0, 0.1) is 17.0 Å². The lowest BCUT2D eigenvalue weighted by Crippen LogP contribution is -2.39. The van der Waals surface area contributed by atoms with Crippen LogP contribution in [0.4, 0.5) is 8.78 Å². The number of aliphatic hydroxyl groups excluding tert-OH is 1. The van der Waals surface area contributed by atoms with Crippen LogP contribution < -0.4 is 5.32 Å². The maximum Gasteiger partial charge on any atom is 0.224 e. The molecule has 2 N–H and O–H groups in total. The third-order valence-electron chi connectivity index (χ3n) is 2.85. The summed E-state index contributed by atoms with van der Waals surface area (Å²) in [6.07, 6.45) is -0.950. The van der Waals surface area contributed by atoms with Gasteiger partial charge in [-0.2, -0.15) is 0 Å². The third-order valence-corrected chi connectivity index (χ3v) is 2.85. The van der Waals surface area contributed by atoms with Gasteiger partial charge in [0.05, 0.1) is 12.5 Å². The van der Waals surface area contributed by atoms with Crippen LogP contribution in [0.2, 0.25) is 0 Å². The zero-order valence-corrected chi connectivity index (χ0v) is 11.3. The summed E-state index contributed by atoms with van der Waals surface area (Å²) in [4.78, 5) is 11.6. The Kier molecular flexibility index (Phi) is 5.00. The molecule has 1 aromatic rings. The van der Waals surface area contributed by atoms with Crippen molar-refractivity contribution in [3.05, 3.63) is 35.4 Å². The van der Waals surface area contributed by atoms with E-state index in [0.717, 1.165) is 18.2 Å². The van der Waals surface area contributed by atoms with Crippen molar-refractivity contribution in [3.8, 4) is 0 Å². The van der Waals surface area contributed by atoms with Gasteiger partial charge in [-0.3, -0.25) is 4.79 Å². The monoisotopic (exact) mass is 271 g/mol. The lowest BCUT2D eigenvalue weighted by molar-refractivity contribution is -0.121. The lowest BCUT2D eigenvalue weighted by atomic mass is 9.89. The molecule has 0 aliphatic heterocycles. The molecule has 0 saturated heterocycles. The fourth-order valence-corrected chi connectivity index (χ4v) is 1.43. The summed E-state index contributed by atoms with van der Waals surface area (Å²) >= 11 is 0. The molecular formula is C14H19F2NO2. The van der Waals surface area contributed by atoms with Crippen LogP contribution in [0.1, 0.15) is 26.3 Å². The molecule has 19 heavy (non-hydrogen) atoms. The van der Waals surface area contributed by atoms with Crippen LogP contribution in [0.3, 0.4) is 0 Å². The van der Waals surface area contributed by atoms with Crippen molar-refractivity contribution >= 4 is 5.91 Å². The first-order valence-electron chi connectivity index (χ1n) is 6.09. The summed E-state index contributed by atoms with van der Waals surface area (Å²) in [7, 11) is 0. The van der Waals surface area contributed by atoms with E-state index in [1.807, 2.05) is 20.8 Å². The Morgan fingerprint density at radius 3 is 2.58 bits per heavy atom. The summed E-state index contributed by atoms with van der Waals surface area (Å²) < 4.78 is 26.3. The summed E-state index contributed by atoms with van der Waals surface area (Å²) in [5, 5.41) is 12.3. The van der Waals surface area contributed by atoms with Crippen LogP contribution in [0.15, 0.2) is 18.2 Å². The molecule has 1 rings (SSSR count). The van der Waals surface area contributed by atoms with Gasteiger partial charge in [0.1, 0.15) is 11.6 Å². The highest BCUT2D eigenvalue weighted by atomic mass is 19.1. The molecule has 0 saturated carbocycles. The molecule has 5 heteroatoms. The molecule has 3 nitrogen and oxygen atoms in total. The van der Waals surface area contributed by atoms with E-state index in [-0.39, 0.29) is 23.9 Å². The number of aliphatic hydroxyl groups is 1. The Balaban J connectivity index is 2.54. The SMILES string of the molecule is CC(C)(C)C(O)CNC(=O)Cc1cc(F)ccc1F. The van der Waals surface area contributed by atoms with Crippen LogP contribution in [-0.2, 0) is 11.2 Å². The molecule has 0 fully saturated rings. The first kappa shape index (κ1) is 15.6. The predicted octanol–water partition coefficient (Wildman–Crippen LogP) is 2.03. The van der Waals surface area contributed by atoms with E-state index >= 15 is 0 Å². The largest absolute Gasteiger partial charge is 0.391 e. The molecule has 0 radical (unpaired) electrons. The van der Waals surface area contributed by atoms with Crippen LogP contribution in [-0.4, -0.2) is 23.7 Å². The lowest BCUT2D eigenvalue weighted by Gasteiger charge is -2.25. The second kappa shape index (κ2) is 6.10. The molecule has 0 spiro atoms. The Labute approximate surface area is 111 Å². The highest BCUT2D eigenvalue weighted by Gasteiger charge is 2.22. The van der Waals surface area contributed by atoms with Gasteiger partial charge in [-0.1, -0.05) is 20.8 Å². The molecule has 1 unspecified atom stereocenters. The highest BCUT2D eigenvalue weighted by molar-refractivity contribution is 5.78. The quantitative estimate of drug-likeness (QED) is 0.880. The van der Waals surface area contributed by atoms with Crippen molar-refractivity contribution in [2.45, 2.75) is 33.3 Å². The smallest absolute Gasteiger partial charge is 0.224 e. The third kappa shape index (κ3) is 4.95. The van der Waals surface area contributed by atoms with E-state index in [0.29, 0.717) is 0 Å². The number of hydrogen-bond donors (Lipinski definition) is 2. The van der Waals surface area contributed by atoms with Gasteiger partial charge in [-0.15, -0.1) is 0 Å². The molecular weight excluding hydrogens is 252 g/mol. The second-order valence-electron chi connectivity index (χ2n) is 5.60. The van der Waals surface area contributed by atoms with Crippen molar-refractivity contribution in [2.75, 3.05) is 6.54 Å². The first-order valence-corrected chi connectivity index (χ1v) is 6.09. The molecule has 0 aromatic heterocycles. The number of nitrogens with one attached hydrogen (secondary N) is 1. The van der Waals surface area contributed by atoms with Gasteiger partial charge < -0.3 is 10.4 Å². The molecule has 1 amide bonds. The van der Waals surface area contributed by atoms with Crippen LogP contribution >= 0.6 is 0 Å². The predicted molar refractivity (Wildman–Crippen MR) is 68.5 cm³/mol. The molecule has 0 bridgehead atoms. The zero-order chi connectivity index (χ0) is 14.6. The standard InChI is InChI=1S/C14H19F2NO2/c1-14(2,3)12(18)8-17-13(19)7-9-6-10(15)4-5-11(9)16/h4-6,12,18H,7-8H2,1-3H3,(H,17,19). The van der Waals surface area contributed by atoms with Gasteiger partial charge >= 0.3 is 0 Å². The Hall–Kier alpha value is -1.49. The fraction of sp³-hybridized carbons (Fsp3) is 0.500. The van der Waals surface area contributed by atoms with Crippen LogP contribution in [0.25, 0.3) is 0 Å². The highest BCUT2D eigenvalue weighted by Crippen LogP contribution is 2.18. The van der Waals surface area contributed by atoms with Gasteiger partial charge in [-0.05, 0) is 23.6 Å². The number of halogens is 2. The van der Waals surface area contributed by atoms with Crippen molar-refractivity contribution in [1.29, 1.82) is 0 Å². The fourth-order valence-electron chi connectivity index (χ4n) is 1.43. The zero-order valence-electron chi connectivity index (χ0n) is 11.3.